The van der Waals surface area contributed by atoms with E-state index in [0.29, 0.717) is 32.8 Å². The number of hydrogen-bond acceptors (Lipinski definition) is 3. The number of ether oxygens (including phenoxy) is 1. The third kappa shape index (κ3) is 3.46. The van der Waals surface area contributed by atoms with Crippen molar-refractivity contribution < 1.29 is 18.7 Å². The summed E-state index contributed by atoms with van der Waals surface area (Å²) >= 11 is 0. The van der Waals surface area contributed by atoms with Gasteiger partial charge >= 0.3 is 6.09 Å². The van der Waals surface area contributed by atoms with Gasteiger partial charge in [0.15, 0.2) is 0 Å². The van der Waals surface area contributed by atoms with Crippen LogP contribution >= 0.6 is 0 Å². The highest BCUT2D eigenvalue weighted by Gasteiger charge is 2.46. The average molecular weight is 320 g/mol. The van der Waals surface area contributed by atoms with Gasteiger partial charge in [-0.2, -0.15) is 0 Å². The molecule has 0 bridgehead atoms. The molecule has 1 aromatic carbocycles. The molecular weight excluding hydrogens is 299 g/mol. The summed E-state index contributed by atoms with van der Waals surface area (Å²) in [7, 11) is 0. The first kappa shape index (κ1) is 15.8. The molecule has 2 aliphatic rings. The monoisotopic (exact) mass is 320 g/mol. The van der Waals surface area contributed by atoms with Crippen LogP contribution in [-0.2, 0) is 9.53 Å². The van der Waals surface area contributed by atoms with Gasteiger partial charge < -0.3 is 14.5 Å². The van der Waals surface area contributed by atoms with Gasteiger partial charge in [-0.1, -0.05) is 12.1 Å². The van der Waals surface area contributed by atoms with Gasteiger partial charge in [0, 0.05) is 32.1 Å². The molecule has 2 atom stereocenters. The molecule has 0 N–H and O–H groups in total. The molecule has 0 radical (unpaired) electrons. The van der Waals surface area contributed by atoms with E-state index in [9.17, 15) is 14.0 Å². The normalized spacial score (nSPS) is 23.6. The Morgan fingerprint density at radius 1 is 1.13 bits per heavy atom. The van der Waals surface area contributed by atoms with Gasteiger partial charge in [0.2, 0.25) is 5.91 Å². The Balaban J connectivity index is 1.51. The van der Waals surface area contributed by atoms with Gasteiger partial charge in [0.25, 0.3) is 0 Å². The summed E-state index contributed by atoms with van der Waals surface area (Å²) in [6.45, 7) is 4.26. The molecule has 1 heterocycles. The molecular formula is C17H21FN2O3. The van der Waals surface area contributed by atoms with Crippen molar-refractivity contribution in [1.29, 1.82) is 0 Å². The van der Waals surface area contributed by atoms with Gasteiger partial charge in [-0.15, -0.1) is 0 Å². The second-order valence-corrected chi connectivity index (χ2v) is 6.01. The maximum absolute atomic E-state index is 13.0. The number of carbonyl (C=O) groups excluding carboxylic acids is 2. The first-order valence-electron chi connectivity index (χ1n) is 8.06. The van der Waals surface area contributed by atoms with E-state index in [0.717, 1.165) is 12.0 Å². The third-order valence-electron chi connectivity index (χ3n) is 4.52. The Kier molecular flexibility index (Phi) is 4.50. The van der Waals surface area contributed by atoms with E-state index in [1.807, 2.05) is 4.90 Å². The molecule has 3 rings (SSSR count). The molecule has 2 amide bonds. The summed E-state index contributed by atoms with van der Waals surface area (Å²) in [6, 6.07) is 6.39. The number of carbonyl (C=O) groups is 2. The number of rotatable bonds is 3. The van der Waals surface area contributed by atoms with Crippen LogP contribution in [0.5, 0.6) is 0 Å². The lowest BCUT2D eigenvalue weighted by Gasteiger charge is -2.34. The van der Waals surface area contributed by atoms with Crippen LogP contribution in [-0.4, -0.2) is 54.6 Å². The van der Waals surface area contributed by atoms with Crippen molar-refractivity contribution >= 4 is 12.0 Å². The summed E-state index contributed by atoms with van der Waals surface area (Å²) in [5, 5.41) is 0. The van der Waals surface area contributed by atoms with Gasteiger partial charge in [0.05, 0.1) is 6.61 Å². The number of hydrogen-bond donors (Lipinski definition) is 0. The number of benzene rings is 1. The van der Waals surface area contributed by atoms with Crippen molar-refractivity contribution in [2.45, 2.75) is 19.3 Å². The lowest BCUT2D eigenvalue weighted by Crippen LogP contribution is -2.51. The number of piperazine rings is 1. The van der Waals surface area contributed by atoms with Crippen LogP contribution in [0.25, 0.3) is 0 Å². The van der Waals surface area contributed by atoms with Gasteiger partial charge in [-0.05, 0) is 37.0 Å². The van der Waals surface area contributed by atoms with Crippen molar-refractivity contribution in [3.8, 4) is 0 Å². The Hall–Kier alpha value is -2.11. The van der Waals surface area contributed by atoms with Crippen LogP contribution in [0, 0.1) is 11.7 Å². The van der Waals surface area contributed by atoms with Crippen molar-refractivity contribution in [2.24, 2.45) is 5.92 Å². The van der Waals surface area contributed by atoms with Crippen LogP contribution < -0.4 is 0 Å². The summed E-state index contributed by atoms with van der Waals surface area (Å²) in [6.07, 6.45) is 0.512. The molecule has 124 valence electrons. The van der Waals surface area contributed by atoms with E-state index in [1.54, 1.807) is 24.0 Å². The second kappa shape index (κ2) is 6.56. The molecule has 2 fully saturated rings. The first-order chi connectivity index (χ1) is 11.1. The van der Waals surface area contributed by atoms with Crippen LogP contribution in [0.4, 0.5) is 9.18 Å². The molecule has 1 aliphatic carbocycles. The zero-order chi connectivity index (χ0) is 16.4. The van der Waals surface area contributed by atoms with Gasteiger partial charge in [0.1, 0.15) is 5.82 Å². The zero-order valence-electron chi connectivity index (χ0n) is 13.2. The standard InChI is InChI=1S/C17H21FN2O3/c1-2-23-17(22)20-9-7-19(8-10-20)16(21)15-11-14(15)12-3-5-13(18)6-4-12/h3-6,14-15H,2,7-11H2,1H3/t14-,15+/m1/s1. The second-order valence-electron chi connectivity index (χ2n) is 6.01. The molecule has 0 aromatic heterocycles. The Labute approximate surface area is 135 Å². The van der Waals surface area contributed by atoms with Gasteiger partial charge in [-0.25, -0.2) is 9.18 Å². The Morgan fingerprint density at radius 2 is 1.74 bits per heavy atom. The Bertz CT molecular complexity index is 582. The van der Waals surface area contributed by atoms with Crippen molar-refractivity contribution in [3.63, 3.8) is 0 Å². The minimum absolute atomic E-state index is 0.00500. The summed E-state index contributed by atoms with van der Waals surface area (Å²) in [5.41, 5.74) is 1.02. The fourth-order valence-corrected chi connectivity index (χ4v) is 3.10. The predicted molar refractivity (Wildman–Crippen MR) is 82.4 cm³/mol. The number of nitrogens with zero attached hydrogens (tertiary/aromatic N) is 2. The molecule has 1 saturated heterocycles. The first-order valence-corrected chi connectivity index (χ1v) is 8.06. The van der Waals surface area contributed by atoms with Crippen molar-refractivity contribution in [3.05, 3.63) is 35.6 Å². The maximum atomic E-state index is 13.0. The zero-order valence-corrected chi connectivity index (χ0v) is 13.2. The fraction of sp³-hybridized carbons (Fsp3) is 0.529. The SMILES string of the molecule is CCOC(=O)N1CCN(C(=O)[C@H]2C[C@@H]2c2ccc(F)cc2)CC1. The lowest BCUT2D eigenvalue weighted by molar-refractivity contribution is -0.134. The van der Waals surface area contributed by atoms with E-state index in [4.69, 9.17) is 4.74 Å². The van der Waals surface area contributed by atoms with Crippen LogP contribution in [0.1, 0.15) is 24.8 Å². The molecule has 23 heavy (non-hydrogen) atoms. The van der Waals surface area contributed by atoms with Crippen molar-refractivity contribution in [2.75, 3.05) is 32.8 Å². The molecule has 5 nitrogen and oxygen atoms in total. The molecule has 1 aromatic rings. The van der Waals surface area contributed by atoms with E-state index < -0.39 is 0 Å². The van der Waals surface area contributed by atoms with Crippen LogP contribution in [0.3, 0.4) is 0 Å². The van der Waals surface area contributed by atoms with Crippen molar-refractivity contribution in [1.82, 2.24) is 9.80 Å². The predicted octanol–water partition coefficient (Wildman–Crippen LogP) is 2.23. The van der Waals surface area contributed by atoms with E-state index >= 15 is 0 Å². The molecule has 6 heteroatoms. The number of halogens is 1. The van der Waals surface area contributed by atoms with Crippen LogP contribution in [0.15, 0.2) is 24.3 Å². The summed E-state index contributed by atoms with van der Waals surface area (Å²) in [4.78, 5) is 27.6. The topological polar surface area (TPSA) is 49.9 Å². The van der Waals surface area contributed by atoms with E-state index in [2.05, 4.69) is 0 Å². The summed E-state index contributed by atoms with van der Waals surface area (Å²) in [5.74, 6) is 0.0796. The highest BCUT2D eigenvalue weighted by Crippen LogP contribution is 2.48. The highest BCUT2D eigenvalue weighted by atomic mass is 19.1. The molecule has 1 aliphatic heterocycles. The molecule has 0 unspecified atom stereocenters. The lowest BCUT2D eigenvalue weighted by atomic mass is 10.1. The number of amides is 2. The molecule has 1 saturated carbocycles. The minimum atomic E-state index is -0.310. The summed E-state index contributed by atoms with van der Waals surface area (Å²) < 4.78 is 17.9. The quantitative estimate of drug-likeness (QED) is 0.858. The highest BCUT2D eigenvalue weighted by molar-refractivity contribution is 5.83. The third-order valence-corrected chi connectivity index (χ3v) is 4.52. The average Bonchev–Trinajstić information content (AvgIpc) is 3.36. The maximum Gasteiger partial charge on any atom is 0.409 e. The Morgan fingerprint density at radius 3 is 2.35 bits per heavy atom. The van der Waals surface area contributed by atoms with E-state index in [1.165, 1.54) is 12.1 Å². The van der Waals surface area contributed by atoms with E-state index in [-0.39, 0.29) is 29.7 Å². The molecule has 0 spiro atoms. The minimum Gasteiger partial charge on any atom is -0.450 e. The fourth-order valence-electron chi connectivity index (χ4n) is 3.10. The smallest absolute Gasteiger partial charge is 0.409 e. The van der Waals surface area contributed by atoms with Crippen LogP contribution in [0.2, 0.25) is 0 Å². The largest absolute Gasteiger partial charge is 0.450 e. The van der Waals surface area contributed by atoms with Gasteiger partial charge in [-0.3, -0.25) is 4.79 Å².